The zero-order valence-corrected chi connectivity index (χ0v) is 10.6. The van der Waals surface area contributed by atoms with Gasteiger partial charge in [0.1, 0.15) is 12.2 Å². The van der Waals surface area contributed by atoms with Gasteiger partial charge in [-0.15, -0.1) is 0 Å². The molecule has 0 aromatic rings. The van der Waals surface area contributed by atoms with Gasteiger partial charge in [0.2, 0.25) is 0 Å². The maximum Gasteiger partial charge on any atom is 0.316 e. The van der Waals surface area contributed by atoms with Gasteiger partial charge in [0.05, 0.1) is 6.61 Å². The molecule has 0 spiro atoms. The lowest BCUT2D eigenvalue weighted by molar-refractivity contribution is -0.150. The third-order valence-electron chi connectivity index (χ3n) is 1.66. The molecule has 0 radical (unpaired) electrons. The number of hydrogen-bond acceptors (Lipinski definition) is 3. The molecule has 0 aromatic carbocycles. The van der Waals surface area contributed by atoms with Crippen LogP contribution >= 0.6 is 34.8 Å². The van der Waals surface area contributed by atoms with Crippen LogP contribution in [-0.2, 0) is 14.3 Å². The predicted molar refractivity (Wildman–Crippen MR) is 60.3 cm³/mol. The van der Waals surface area contributed by atoms with Gasteiger partial charge in [-0.1, -0.05) is 48.1 Å². The highest BCUT2D eigenvalue weighted by Crippen LogP contribution is 2.33. The summed E-state index contributed by atoms with van der Waals surface area (Å²) in [4.78, 5) is 21.9. The molecule has 0 heterocycles. The number of rotatable bonds is 6. The number of aldehydes is 1. The van der Waals surface area contributed by atoms with E-state index in [0.29, 0.717) is 12.9 Å². The number of carbonyl (C=O) groups excluding carboxylic acids is 2. The lowest BCUT2D eigenvalue weighted by atomic mass is 10.1. The minimum absolute atomic E-state index is 0.161. The SMILES string of the molecule is CCCCOC(=O)C(C=O)CC(Cl)(Cl)Cl. The number of ether oxygens (including phenoxy) is 1. The number of esters is 1. The van der Waals surface area contributed by atoms with Crippen molar-refractivity contribution >= 4 is 47.1 Å². The summed E-state index contributed by atoms with van der Waals surface area (Å²) in [7, 11) is 0. The summed E-state index contributed by atoms with van der Waals surface area (Å²) in [6.45, 7) is 2.26. The second-order valence-corrected chi connectivity index (χ2v) is 5.60. The molecule has 0 aliphatic rings. The van der Waals surface area contributed by atoms with E-state index in [2.05, 4.69) is 0 Å². The van der Waals surface area contributed by atoms with E-state index < -0.39 is 15.7 Å². The Morgan fingerprint density at radius 2 is 2.07 bits per heavy atom. The Morgan fingerprint density at radius 3 is 2.47 bits per heavy atom. The van der Waals surface area contributed by atoms with Crippen LogP contribution in [0.5, 0.6) is 0 Å². The van der Waals surface area contributed by atoms with E-state index in [-0.39, 0.29) is 6.42 Å². The maximum atomic E-state index is 11.3. The highest BCUT2D eigenvalue weighted by atomic mass is 35.6. The van der Waals surface area contributed by atoms with Gasteiger partial charge in [0, 0.05) is 6.42 Å². The van der Waals surface area contributed by atoms with Crippen molar-refractivity contribution in [2.45, 2.75) is 30.0 Å². The minimum atomic E-state index is -1.62. The van der Waals surface area contributed by atoms with Gasteiger partial charge in [-0.2, -0.15) is 0 Å². The van der Waals surface area contributed by atoms with Gasteiger partial charge < -0.3 is 9.53 Å². The Balaban J connectivity index is 4.05. The van der Waals surface area contributed by atoms with Crippen LogP contribution < -0.4 is 0 Å². The standard InChI is InChI=1S/C9H13Cl3O3/c1-2-3-4-15-8(14)7(6-13)5-9(10,11)12/h6-7H,2-5H2,1H3. The number of carbonyl (C=O) groups is 2. The molecule has 6 heteroatoms. The van der Waals surface area contributed by atoms with E-state index >= 15 is 0 Å². The van der Waals surface area contributed by atoms with Crippen LogP contribution in [0.3, 0.4) is 0 Å². The van der Waals surface area contributed by atoms with Crippen LogP contribution in [0.4, 0.5) is 0 Å². The van der Waals surface area contributed by atoms with Gasteiger partial charge >= 0.3 is 5.97 Å². The number of unbranched alkanes of at least 4 members (excludes halogenated alkanes) is 1. The summed E-state index contributed by atoms with van der Waals surface area (Å²) in [5.41, 5.74) is 0. The summed E-state index contributed by atoms with van der Waals surface area (Å²) in [5.74, 6) is -1.64. The molecule has 0 aliphatic heterocycles. The Bertz CT molecular complexity index is 213. The Kier molecular flexibility index (Phi) is 7.32. The summed E-state index contributed by atoms with van der Waals surface area (Å²) in [6.07, 6.45) is 1.94. The highest BCUT2D eigenvalue weighted by molar-refractivity contribution is 6.67. The molecule has 0 rings (SSSR count). The molecule has 88 valence electrons. The Hall–Kier alpha value is 0.01000. The molecule has 1 unspecified atom stereocenters. The normalized spacial score (nSPS) is 13.3. The van der Waals surface area contributed by atoms with E-state index in [9.17, 15) is 9.59 Å². The molecule has 0 aliphatic carbocycles. The molecule has 0 saturated carbocycles. The van der Waals surface area contributed by atoms with E-state index in [1.807, 2.05) is 6.92 Å². The second kappa shape index (κ2) is 7.31. The topological polar surface area (TPSA) is 43.4 Å². The van der Waals surface area contributed by atoms with Crippen molar-refractivity contribution in [3.05, 3.63) is 0 Å². The van der Waals surface area contributed by atoms with E-state index in [0.717, 1.165) is 12.8 Å². The fourth-order valence-corrected chi connectivity index (χ4v) is 1.36. The fourth-order valence-electron chi connectivity index (χ4n) is 0.860. The first kappa shape index (κ1) is 15.0. The number of halogens is 3. The van der Waals surface area contributed by atoms with Crippen molar-refractivity contribution in [3.8, 4) is 0 Å². The van der Waals surface area contributed by atoms with Crippen LogP contribution in [0.25, 0.3) is 0 Å². The van der Waals surface area contributed by atoms with Crippen LogP contribution in [0.2, 0.25) is 0 Å². The van der Waals surface area contributed by atoms with Gasteiger partial charge in [-0.25, -0.2) is 0 Å². The van der Waals surface area contributed by atoms with Crippen molar-refractivity contribution in [1.82, 2.24) is 0 Å². The second-order valence-electron chi connectivity index (χ2n) is 3.08. The molecular formula is C9H13Cl3O3. The third-order valence-corrected chi connectivity index (χ3v) is 2.12. The molecule has 0 fully saturated rings. The van der Waals surface area contributed by atoms with E-state index in [1.165, 1.54) is 0 Å². The molecule has 0 bridgehead atoms. The third kappa shape index (κ3) is 7.88. The summed E-state index contributed by atoms with van der Waals surface area (Å²) in [6, 6.07) is 0. The van der Waals surface area contributed by atoms with Crippen LogP contribution in [0.1, 0.15) is 26.2 Å². The molecule has 15 heavy (non-hydrogen) atoms. The number of hydrogen-bond donors (Lipinski definition) is 0. The van der Waals surface area contributed by atoms with Crippen molar-refractivity contribution in [2.75, 3.05) is 6.61 Å². The number of alkyl halides is 3. The van der Waals surface area contributed by atoms with Crippen molar-refractivity contribution < 1.29 is 14.3 Å². The molecule has 3 nitrogen and oxygen atoms in total. The lowest BCUT2D eigenvalue weighted by Gasteiger charge is -2.15. The van der Waals surface area contributed by atoms with E-state index in [1.54, 1.807) is 0 Å². The van der Waals surface area contributed by atoms with E-state index in [4.69, 9.17) is 39.5 Å². The van der Waals surface area contributed by atoms with Crippen LogP contribution in [0.15, 0.2) is 0 Å². The zero-order valence-electron chi connectivity index (χ0n) is 8.34. The molecular weight excluding hydrogens is 262 g/mol. The van der Waals surface area contributed by atoms with Gasteiger partial charge in [-0.3, -0.25) is 4.79 Å². The first-order valence-corrected chi connectivity index (χ1v) is 5.72. The van der Waals surface area contributed by atoms with Crippen LogP contribution in [0, 0.1) is 5.92 Å². The lowest BCUT2D eigenvalue weighted by Crippen LogP contribution is -2.24. The first-order valence-electron chi connectivity index (χ1n) is 4.59. The van der Waals surface area contributed by atoms with Crippen LogP contribution in [-0.4, -0.2) is 22.7 Å². The van der Waals surface area contributed by atoms with Crippen molar-refractivity contribution in [1.29, 1.82) is 0 Å². The fraction of sp³-hybridized carbons (Fsp3) is 0.778. The smallest absolute Gasteiger partial charge is 0.316 e. The zero-order chi connectivity index (χ0) is 11.9. The maximum absolute atomic E-state index is 11.3. The highest BCUT2D eigenvalue weighted by Gasteiger charge is 2.30. The largest absolute Gasteiger partial charge is 0.465 e. The molecule has 0 amide bonds. The molecule has 0 N–H and O–H groups in total. The van der Waals surface area contributed by atoms with Crippen molar-refractivity contribution in [2.24, 2.45) is 5.92 Å². The van der Waals surface area contributed by atoms with Gasteiger partial charge in [-0.05, 0) is 6.42 Å². The summed E-state index contributed by atoms with van der Waals surface area (Å²) >= 11 is 16.4. The molecule has 0 saturated heterocycles. The Morgan fingerprint density at radius 1 is 1.47 bits per heavy atom. The monoisotopic (exact) mass is 274 g/mol. The predicted octanol–water partition coefficient (Wildman–Crippen LogP) is 2.91. The Labute approximate surface area is 104 Å². The average Bonchev–Trinajstić information content (AvgIpc) is 2.13. The average molecular weight is 276 g/mol. The van der Waals surface area contributed by atoms with Gasteiger partial charge in [0.15, 0.2) is 3.79 Å². The minimum Gasteiger partial charge on any atom is -0.465 e. The summed E-state index contributed by atoms with van der Waals surface area (Å²) in [5, 5.41) is 0. The summed E-state index contributed by atoms with van der Waals surface area (Å²) < 4.78 is 3.22. The quantitative estimate of drug-likeness (QED) is 0.246. The van der Waals surface area contributed by atoms with Crippen molar-refractivity contribution in [3.63, 3.8) is 0 Å². The molecule has 1 atom stereocenters. The van der Waals surface area contributed by atoms with Gasteiger partial charge in [0.25, 0.3) is 0 Å². The first-order chi connectivity index (χ1) is 6.90. The molecule has 0 aromatic heterocycles.